The second-order valence-corrected chi connectivity index (χ2v) is 3.64. The van der Waals surface area contributed by atoms with Crippen molar-refractivity contribution in [1.29, 1.82) is 0 Å². The van der Waals surface area contributed by atoms with E-state index in [9.17, 15) is 4.79 Å². The summed E-state index contributed by atoms with van der Waals surface area (Å²) in [5.74, 6) is -0.0122. The number of hydrogen-bond donors (Lipinski definition) is 1. The van der Waals surface area contributed by atoms with Gasteiger partial charge in [-0.3, -0.25) is 14.8 Å². The lowest BCUT2D eigenvalue weighted by molar-refractivity contribution is -0.120. The largest absolute Gasteiger partial charge is 0.350 e. The number of nitrogens with one attached hydrogen (secondary N) is 1. The Labute approximate surface area is 99.7 Å². The molecule has 4 nitrogen and oxygen atoms in total. The predicted molar refractivity (Wildman–Crippen MR) is 64.0 cm³/mol. The molecule has 0 aliphatic carbocycles. The van der Waals surface area contributed by atoms with Crippen molar-refractivity contribution >= 4 is 5.91 Å². The normalized spacial score (nSPS) is 9.88. The molecule has 0 bridgehead atoms. The predicted octanol–water partition coefficient (Wildman–Crippen LogP) is 1.34. The van der Waals surface area contributed by atoms with Crippen LogP contribution in [0.1, 0.15) is 11.3 Å². The van der Waals surface area contributed by atoms with E-state index in [1.54, 1.807) is 18.6 Å². The third-order valence-corrected chi connectivity index (χ3v) is 2.29. The number of nitrogens with zero attached hydrogens (tertiary/aromatic N) is 2. The molecule has 4 heteroatoms. The molecule has 1 N–H and O–H groups in total. The lowest BCUT2D eigenvalue weighted by Gasteiger charge is -2.04. The molecule has 0 spiro atoms. The molecule has 86 valence electrons. The number of amides is 1. The van der Waals surface area contributed by atoms with Gasteiger partial charge in [0.25, 0.3) is 0 Å². The highest BCUT2D eigenvalue weighted by Crippen LogP contribution is 1.99. The molecule has 2 rings (SSSR count). The van der Waals surface area contributed by atoms with Gasteiger partial charge in [-0.25, -0.2) is 0 Å². The molecule has 17 heavy (non-hydrogen) atoms. The fourth-order valence-electron chi connectivity index (χ4n) is 1.45. The first kappa shape index (κ1) is 11.3. The van der Waals surface area contributed by atoms with Crippen molar-refractivity contribution in [1.82, 2.24) is 15.3 Å². The molecule has 0 atom stereocenters. The van der Waals surface area contributed by atoms with E-state index in [2.05, 4.69) is 15.3 Å². The third-order valence-electron chi connectivity index (χ3n) is 2.29. The lowest BCUT2D eigenvalue weighted by atomic mass is 10.1. The van der Waals surface area contributed by atoms with Gasteiger partial charge in [0.2, 0.25) is 5.91 Å². The number of carbonyl (C=O) groups is 1. The van der Waals surface area contributed by atoms with Crippen LogP contribution in [0, 0.1) is 0 Å². The van der Waals surface area contributed by atoms with E-state index in [-0.39, 0.29) is 5.91 Å². The summed E-state index contributed by atoms with van der Waals surface area (Å²) in [4.78, 5) is 19.6. The van der Waals surface area contributed by atoms with Gasteiger partial charge in [0, 0.05) is 12.4 Å². The molecule has 0 aliphatic heterocycles. The van der Waals surface area contributed by atoms with E-state index in [1.165, 1.54) is 0 Å². The number of hydrogen-bond acceptors (Lipinski definition) is 3. The maximum absolute atomic E-state index is 11.6. The van der Waals surface area contributed by atoms with Crippen molar-refractivity contribution in [2.45, 2.75) is 13.0 Å². The van der Waals surface area contributed by atoms with Crippen LogP contribution in [0.15, 0.2) is 48.9 Å². The summed E-state index contributed by atoms with van der Waals surface area (Å²) in [5.41, 5.74) is 1.76. The Balaban J connectivity index is 1.83. The van der Waals surface area contributed by atoms with Crippen LogP contribution in [0.3, 0.4) is 0 Å². The van der Waals surface area contributed by atoms with Gasteiger partial charge in [-0.15, -0.1) is 0 Å². The van der Waals surface area contributed by atoms with Gasteiger partial charge in [-0.2, -0.15) is 0 Å². The highest BCUT2D eigenvalue weighted by atomic mass is 16.1. The van der Waals surface area contributed by atoms with Crippen molar-refractivity contribution in [3.63, 3.8) is 0 Å². The Morgan fingerprint density at radius 1 is 1.18 bits per heavy atom. The van der Waals surface area contributed by atoms with E-state index in [4.69, 9.17) is 0 Å². The van der Waals surface area contributed by atoms with Crippen LogP contribution in [0.2, 0.25) is 0 Å². The van der Waals surface area contributed by atoms with Crippen LogP contribution < -0.4 is 5.32 Å². The van der Waals surface area contributed by atoms with Crippen molar-refractivity contribution < 1.29 is 4.79 Å². The van der Waals surface area contributed by atoms with Crippen LogP contribution in [0.25, 0.3) is 0 Å². The summed E-state index contributed by atoms with van der Waals surface area (Å²) in [6, 6.07) is 9.64. The summed E-state index contributed by atoms with van der Waals surface area (Å²) >= 11 is 0. The monoisotopic (exact) mass is 227 g/mol. The maximum atomic E-state index is 11.6. The molecule has 0 radical (unpaired) electrons. The zero-order valence-corrected chi connectivity index (χ0v) is 9.34. The molecule has 1 aromatic carbocycles. The molecule has 1 aromatic heterocycles. The van der Waals surface area contributed by atoms with Crippen LogP contribution in [0.5, 0.6) is 0 Å². The minimum absolute atomic E-state index is 0.0122. The lowest BCUT2D eigenvalue weighted by Crippen LogP contribution is -2.25. The summed E-state index contributed by atoms with van der Waals surface area (Å²) in [5, 5.41) is 2.81. The Hall–Kier alpha value is -2.23. The number of carbonyl (C=O) groups excluding carboxylic acids is 1. The second-order valence-electron chi connectivity index (χ2n) is 3.64. The first-order valence-corrected chi connectivity index (χ1v) is 5.40. The molecular weight excluding hydrogens is 214 g/mol. The Morgan fingerprint density at radius 2 is 2.00 bits per heavy atom. The first-order chi connectivity index (χ1) is 8.34. The van der Waals surface area contributed by atoms with Crippen molar-refractivity contribution in [3.8, 4) is 0 Å². The molecule has 0 saturated carbocycles. The summed E-state index contributed by atoms with van der Waals surface area (Å²) < 4.78 is 0. The van der Waals surface area contributed by atoms with E-state index < -0.39 is 0 Å². The van der Waals surface area contributed by atoms with Gasteiger partial charge < -0.3 is 5.32 Å². The average Bonchev–Trinajstić information content (AvgIpc) is 2.39. The second kappa shape index (κ2) is 5.75. The van der Waals surface area contributed by atoms with Crippen molar-refractivity contribution in [2.75, 3.05) is 0 Å². The molecular formula is C13H13N3O. The van der Waals surface area contributed by atoms with E-state index in [0.29, 0.717) is 13.0 Å². The zero-order chi connectivity index (χ0) is 11.9. The Morgan fingerprint density at radius 3 is 2.71 bits per heavy atom. The number of benzene rings is 1. The SMILES string of the molecule is O=C(Cc1ccccc1)NCc1cnccn1. The van der Waals surface area contributed by atoms with Crippen LogP contribution in [-0.4, -0.2) is 15.9 Å². The standard InChI is InChI=1S/C13H13N3O/c17-13(8-11-4-2-1-3-5-11)16-10-12-9-14-6-7-15-12/h1-7,9H,8,10H2,(H,16,17). The fourth-order valence-corrected chi connectivity index (χ4v) is 1.45. The minimum Gasteiger partial charge on any atom is -0.350 e. The van der Waals surface area contributed by atoms with Gasteiger partial charge in [0.05, 0.1) is 24.9 Å². The highest BCUT2D eigenvalue weighted by molar-refractivity contribution is 5.78. The van der Waals surface area contributed by atoms with Crippen LogP contribution in [-0.2, 0) is 17.8 Å². The van der Waals surface area contributed by atoms with Crippen LogP contribution in [0.4, 0.5) is 0 Å². The molecule has 0 fully saturated rings. The molecule has 2 aromatic rings. The number of aromatic nitrogens is 2. The van der Waals surface area contributed by atoms with E-state index in [0.717, 1.165) is 11.3 Å². The fraction of sp³-hybridized carbons (Fsp3) is 0.154. The van der Waals surface area contributed by atoms with Gasteiger partial charge in [-0.05, 0) is 5.56 Å². The summed E-state index contributed by atoms with van der Waals surface area (Å²) in [6.45, 7) is 0.416. The Kier molecular flexibility index (Phi) is 3.81. The molecule has 0 aliphatic rings. The third kappa shape index (κ3) is 3.68. The van der Waals surface area contributed by atoms with Crippen molar-refractivity contribution in [3.05, 3.63) is 60.2 Å². The molecule has 1 heterocycles. The highest BCUT2D eigenvalue weighted by Gasteiger charge is 2.02. The van der Waals surface area contributed by atoms with Gasteiger partial charge >= 0.3 is 0 Å². The Bertz CT molecular complexity index is 471. The smallest absolute Gasteiger partial charge is 0.224 e. The molecule has 1 amide bonds. The van der Waals surface area contributed by atoms with Crippen molar-refractivity contribution in [2.24, 2.45) is 0 Å². The quantitative estimate of drug-likeness (QED) is 0.857. The maximum Gasteiger partial charge on any atom is 0.224 e. The van der Waals surface area contributed by atoms with Crippen LogP contribution >= 0.6 is 0 Å². The molecule has 0 saturated heterocycles. The first-order valence-electron chi connectivity index (χ1n) is 5.40. The summed E-state index contributed by atoms with van der Waals surface area (Å²) in [7, 11) is 0. The van der Waals surface area contributed by atoms with Gasteiger partial charge in [-0.1, -0.05) is 30.3 Å². The van der Waals surface area contributed by atoms with E-state index in [1.807, 2.05) is 30.3 Å². The molecule has 0 unspecified atom stereocenters. The van der Waals surface area contributed by atoms with E-state index >= 15 is 0 Å². The zero-order valence-electron chi connectivity index (χ0n) is 9.34. The average molecular weight is 227 g/mol. The van der Waals surface area contributed by atoms with Gasteiger partial charge in [0.15, 0.2) is 0 Å². The number of rotatable bonds is 4. The van der Waals surface area contributed by atoms with Gasteiger partial charge in [0.1, 0.15) is 0 Å². The minimum atomic E-state index is -0.0122. The summed E-state index contributed by atoms with van der Waals surface area (Å²) in [6.07, 6.45) is 5.25. The topological polar surface area (TPSA) is 54.9 Å².